The van der Waals surface area contributed by atoms with Gasteiger partial charge < -0.3 is 11.1 Å². The predicted molar refractivity (Wildman–Crippen MR) is 93.8 cm³/mol. The summed E-state index contributed by atoms with van der Waals surface area (Å²) in [6.07, 6.45) is 2.84. The van der Waals surface area contributed by atoms with E-state index in [1.54, 1.807) is 0 Å². The first-order valence-electron chi connectivity index (χ1n) is 8.24. The van der Waals surface area contributed by atoms with Gasteiger partial charge in [0.25, 0.3) is 5.56 Å². The molecule has 3 rings (SSSR count). The standard InChI is InChI=1S/C18H24N4O/c1-11(2)14-7-5-12(6-8-14)3-4-13-9-15-16(20-10-13)21-18(19)22-17(15)23/h5-8,11,13H,3-4,9-10H2,1-2H3,(H4,19,20,21,22,23)/t13-/m1/s1. The Morgan fingerprint density at radius 2 is 2.04 bits per heavy atom. The van der Waals surface area contributed by atoms with Gasteiger partial charge in [-0.3, -0.25) is 9.78 Å². The van der Waals surface area contributed by atoms with Gasteiger partial charge in [-0.15, -0.1) is 0 Å². The van der Waals surface area contributed by atoms with E-state index in [2.05, 4.69) is 53.4 Å². The molecule has 1 aromatic carbocycles. The Morgan fingerprint density at radius 1 is 1.30 bits per heavy atom. The highest BCUT2D eigenvalue weighted by molar-refractivity contribution is 5.48. The number of aromatic amines is 1. The molecule has 1 aliphatic heterocycles. The summed E-state index contributed by atoms with van der Waals surface area (Å²) < 4.78 is 0. The fourth-order valence-electron chi connectivity index (χ4n) is 3.10. The van der Waals surface area contributed by atoms with Crippen molar-refractivity contribution in [3.05, 3.63) is 51.3 Å². The van der Waals surface area contributed by atoms with Crippen molar-refractivity contribution in [3.63, 3.8) is 0 Å². The number of anilines is 2. The summed E-state index contributed by atoms with van der Waals surface area (Å²) in [5.41, 5.74) is 8.91. The summed E-state index contributed by atoms with van der Waals surface area (Å²) in [6, 6.07) is 8.86. The fraction of sp³-hybridized carbons (Fsp3) is 0.444. The largest absolute Gasteiger partial charge is 0.369 e. The molecule has 5 heteroatoms. The SMILES string of the molecule is CC(C)c1ccc(CC[C@H]2CNc3nc(N)[nH]c(=O)c3C2)cc1. The van der Waals surface area contributed by atoms with Crippen molar-refractivity contribution < 1.29 is 0 Å². The van der Waals surface area contributed by atoms with Gasteiger partial charge in [0.1, 0.15) is 5.82 Å². The highest BCUT2D eigenvalue weighted by Gasteiger charge is 2.22. The summed E-state index contributed by atoms with van der Waals surface area (Å²) in [5, 5.41) is 3.24. The minimum atomic E-state index is -0.119. The van der Waals surface area contributed by atoms with Crippen molar-refractivity contribution in [3.8, 4) is 0 Å². The fourth-order valence-corrected chi connectivity index (χ4v) is 3.10. The highest BCUT2D eigenvalue weighted by atomic mass is 16.1. The maximum absolute atomic E-state index is 12.0. The van der Waals surface area contributed by atoms with Crippen LogP contribution in [0.3, 0.4) is 0 Å². The van der Waals surface area contributed by atoms with Gasteiger partial charge >= 0.3 is 0 Å². The Balaban J connectivity index is 1.62. The number of nitrogens with one attached hydrogen (secondary N) is 2. The summed E-state index contributed by atoms with van der Waals surface area (Å²) in [4.78, 5) is 18.7. The van der Waals surface area contributed by atoms with Gasteiger partial charge in [-0.25, -0.2) is 0 Å². The van der Waals surface area contributed by atoms with E-state index in [0.29, 0.717) is 17.7 Å². The average Bonchev–Trinajstić information content (AvgIpc) is 2.53. The van der Waals surface area contributed by atoms with Crippen LogP contribution in [0.4, 0.5) is 11.8 Å². The number of H-pyrrole nitrogens is 1. The Bertz CT molecular complexity index is 734. The summed E-state index contributed by atoms with van der Waals surface area (Å²) in [6.45, 7) is 5.25. The molecule has 0 saturated heterocycles. The van der Waals surface area contributed by atoms with Crippen molar-refractivity contribution in [2.75, 3.05) is 17.6 Å². The third kappa shape index (κ3) is 3.55. The number of benzene rings is 1. The van der Waals surface area contributed by atoms with Crippen LogP contribution < -0.4 is 16.6 Å². The minimum absolute atomic E-state index is 0.119. The molecule has 122 valence electrons. The molecule has 0 amide bonds. The molecule has 2 heterocycles. The normalized spacial score (nSPS) is 16.9. The van der Waals surface area contributed by atoms with Crippen LogP contribution in [0.25, 0.3) is 0 Å². The lowest BCUT2D eigenvalue weighted by atomic mass is 9.90. The molecule has 1 aromatic heterocycles. The van der Waals surface area contributed by atoms with Crippen molar-refractivity contribution in [1.29, 1.82) is 0 Å². The van der Waals surface area contributed by atoms with Crippen molar-refractivity contribution in [2.24, 2.45) is 5.92 Å². The average molecular weight is 312 g/mol. The first kappa shape index (κ1) is 15.6. The third-order valence-corrected chi connectivity index (χ3v) is 4.57. The molecule has 2 aromatic rings. The molecule has 0 aliphatic carbocycles. The lowest BCUT2D eigenvalue weighted by Gasteiger charge is -2.24. The van der Waals surface area contributed by atoms with Crippen molar-refractivity contribution in [1.82, 2.24) is 9.97 Å². The molecule has 5 nitrogen and oxygen atoms in total. The maximum atomic E-state index is 12.0. The zero-order valence-electron chi connectivity index (χ0n) is 13.7. The first-order chi connectivity index (χ1) is 11.0. The van der Waals surface area contributed by atoms with E-state index < -0.39 is 0 Å². The zero-order chi connectivity index (χ0) is 16.4. The van der Waals surface area contributed by atoms with Crippen molar-refractivity contribution in [2.45, 2.75) is 39.0 Å². The summed E-state index contributed by atoms with van der Waals surface area (Å²) in [5.74, 6) is 1.82. The quantitative estimate of drug-likeness (QED) is 0.810. The number of nitrogen functional groups attached to an aromatic ring is 1. The van der Waals surface area contributed by atoms with E-state index in [0.717, 1.165) is 31.4 Å². The molecular weight excluding hydrogens is 288 g/mol. The number of aromatic nitrogens is 2. The number of fused-ring (bicyclic) bond motifs is 1. The lowest BCUT2D eigenvalue weighted by molar-refractivity contribution is 0.491. The maximum Gasteiger partial charge on any atom is 0.257 e. The number of aryl methyl sites for hydroxylation is 1. The van der Waals surface area contributed by atoms with Gasteiger partial charge in [0.05, 0.1) is 5.56 Å². The van der Waals surface area contributed by atoms with Gasteiger partial charge in [-0.05, 0) is 42.2 Å². The number of rotatable bonds is 4. The van der Waals surface area contributed by atoms with Crippen LogP contribution >= 0.6 is 0 Å². The second-order valence-electron chi connectivity index (χ2n) is 6.66. The second-order valence-corrected chi connectivity index (χ2v) is 6.66. The van der Waals surface area contributed by atoms with Gasteiger partial charge in [0.2, 0.25) is 5.95 Å². The predicted octanol–water partition coefficient (Wildman–Crippen LogP) is 2.69. The number of nitrogens with zero attached hydrogens (tertiary/aromatic N) is 1. The molecule has 0 spiro atoms. The Kier molecular flexibility index (Phi) is 4.37. The number of hydrogen-bond acceptors (Lipinski definition) is 4. The Morgan fingerprint density at radius 3 is 2.74 bits per heavy atom. The number of nitrogens with two attached hydrogens (primary N) is 1. The smallest absolute Gasteiger partial charge is 0.257 e. The molecule has 0 bridgehead atoms. The monoisotopic (exact) mass is 312 g/mol. The Hall–Kier alpha value is -2.30. The van der Waals surface area contributed by atoms with Crippen LogP contribution in [0.2, 0.25) is 0 Å². The molecule has 0 unspecified atom stereocenters. The molecule has 4 N–H and O–H groups in total. The van der Waals surface area contributed by atoms with Crippen LogP contribution in [-0.2, 0) is 12.8 Å². The second kappa shape index (κ2) is 6.44. The van der Waals surface area contributed by atoms with Crippen molar-refractivity contribution >= 4 is 11.8 Å². The van der Waals surface area contributed by atoms with E-state index in [9.17, 15) is 4.79 Å². The summed E-state index contributed by atoms with van der Waals surface area (Å²) >= 11 is 0. The molecular formula is C18H24N4O. The van der Waals surface area contributed by atoms with E-state index >= 15 is 0 Å². The van der Waals surface area contributed by atoms with E-state index in [-0.39, 0.29) is 11.5 Å². The Labute approximate surface area is 136 Å². The third-order valence-electron chi connectivity index (χ3n) is 4.57. The molecule has 23 heavy (non-hydrogen) atoms. The van der Waals surface area contributed by atoms with E-state index in [1.807, 2.05) is 0 Å². The molecule has 1 atom stereocenters. The van der Waals surface area contributed by atoms with Gasteiger partial charge in [-0.2, -0.15) is 4.98 Å². The number of hydrogen-bond donors (Lipinski definition) is 3. The van der Waals surface area contributed by atoms with Gasteiger partial charge in [-0.1, -0.05) is 38.1 Å². The lowest BCUT2D eigenvalue weighted by Crippen LogP contribution is -2.30. The zero-order valence-corrected chi connectivity index (χ0v) is 13.7. The van der Waals surface area contributed by atoms with Gasteiger partial charge in [0, 0.05) is 6.54 Å². The minimum Gasteiger partial charge on any atom is -0.369 e. The first-order valence-corrected chi connectivity index (χ1v) is 8.24. The van der Waals surface area contributed by atoms with Crippen LogP contribution in [0, 0.1) is 5.92 Å². The van der Waals surface area contributed by atoms with Crippen LogP contribution in [0.1, 0.15) is 42.9 Å². The molecule has 0 radical (unpaired) electrons. The van der Waals surface area contributed by atoms with Crippen LogP contribution in [0.5, 0.6) is 0 Å². The molecule has 0 fully saturated rings. The van der Waals surface area contributed by atoms with E-state index in [1.165, 1.54) is 11.1 Å². The molecule has 1 aliphatic rings. The van der Waals surface area contributed by atoms with Crippen LogP contribution in [-0.4, -0.2) is 16.5 Å². The summed E-state index contributed by atoms with van der Waals surface area (Å²) in [7, 11) is 0. The van der Waals surface area contributed by atoms with Gasteiger partial charge in [0.15, 0.2) is 0 Å². The van der Waals surface area contributed by atoms with E-state index in [4.69, 9.17) is 5.73 Å². The topological polar surface area (TPSA) is 83.8 Å². The highest BCUT2D eigenvalue weighted by Crippen LogP contribution is 2.24. The molecule has 0 saturated carbocycles. The van der Waals surface area contributed by atoms with Crippen LogP contribution in [0.15, 0.2) is 29.1 Å².